The molecule has 7 heavy (non-hydrogen) atoms. The van der Waals surface area contributed by atoms with Gasteiger partial charge < -0.3 is 0 Å². The van der Waals surface area contributed by atoms with Crippen LogP contribution in [0.1, 0.15) is 26.2 Å². The Bertz CT molecular complexity index is 48.1. The van der Waals surface area contributed by atoms with Crippen molar-refractivity contribution in [2.24, 2.45) is 0 Å². The van der Waals surface area contributed by atoms with E-state index in [2.05, 4.69) is 28.9 Å². The van der Waals surface area contributed by atoms with Crippen molar-refractivity contribution in [3.63, 3.8) is 0 Å². The molecule has 0 aliphatic carbocycles. The van der Waals surface area contributed by atoms with Gasteiger partial charge in [-0.2, -0.15) is 0 Å². The third-order valence-corrected chi connectivity index (χ3v) is 1.19. The lowest BCUT2D eigenvalue weighted by Gasteiger charge is -1.83. The zero-order chi connectivity index (χ0) is 5.54. The molecule has 42 valence electrons. The van der Waals surface area contributed by atoms with Crippen molar-refractivity contribution in [3.8, 4) is 0 Å². The molecule has 0 amide bonds. The number of allylic oxidation sites excluding steroid dienone is 1. The molecule has 0 aromatic carbocycles. The van der Waals surface area contributed by atoms with Gasteiger partial charge in [-0.15, -0.1) is 0 Å². The summed E-state index contributed by atoms with van der Waals surface area (Å²) in [6.07, 6.45) is 5.94. The van der Waals surface area contributed by atoms with Crippen molar-refractivity contribution in [2.45, 2.75) is 26.2 Å². The minimum absolute atomic E-state index is 1.21. The van der Waals surface area contributed by atoms with Crippen LogP contribution in [0.25, 0.3) is 0 Å². The van der Waals surface area contributed by atoms with E-state index >= 15 is 0 Å². The summed E-state index contributed by atoms with van der Waals surface area (Å²) in [6, 6.07) is 0. The highest BCUT2D eigenvalue weighted by Crippen LogP contribution is 1.95. The third-order valence-electron chi connectivity index (χ3n) is 0.813. The van der Waals surface area contributed by atoms with Crippen molar-refractivity contribution >= 4 is 15.9 Å². The lowest BCUT2D eigenvalue weighted by Crippen LogP contribution is -1.62. The van der Waals surface area contributed by atoms with Crippen LogP contribution in [0.2, 0.25) is 0 Å². The molecular formula is C6H11Br. The van der Waals surface area contributed by atoms with Gasteiger partial charge in [-0.3, -0.25) is 0 Å². The normalized spacial score (nSPS) is 10.6. The van der Waals surface area contributed by atoms with E-state index in [0.717, 1.165) is 0 Å². The monoisotopic (exact) mass is 162 g/mol. The fourth-order valence-corrected chi connectivity index (χ4v) is 0.649. The van der Waals surface area contributed by atoms with Gasteiger partial charge in [0.2, 0.25) is 0 Å². The molecule has 0 radical (unpaired) electrons. The van der Waals surface area contributed by atoms with Gasteiger partial charge in [0, 0.05) is 0 Å². The van der Waals surface area contributed by atoms with Gasteiger partial charge in [-0.05, 0) is 11.4 Å². The molecule has 0 fully saturated rings. The van der Waals surface area contributed by atoms with E-state index in [9.17, 15) is 0 Å². The minimum atomic E-state index is 1.21. The van der Waals surface area contributed by atoms with Gasteiger partial charge in [-0.1, -0.05) is 41.8 Å². The first-order chi connectivity index (χ1) is 3.41. The zero-order valence-corrected chi connectivity index (χ0v) is 6.24. The SMILES string of the molecule is CCCC/C=C/Br. The summed E-state index contributed by atoms with van der Waals surface area (Å²) >= 11 is 3.20. The highest BCUT2D eigenvalue weighted by Gasteiger charge is 1.73. The summed E-state index contributed by atoms with van der Waals surface area (Å²) in [7, 11) is 0. The number of unbranched alkanes of at least 4 members (excludes halogenated alkanes) is 2. The molecule has 1 heteroatoms. The van der Waals surface area contributed by atoms with E-state index in [4.69, 9.17) is 0 Å². The summed E-state index contributed by atoms with van der Waals surface area (Å²) in [4.78, 5) is 1.92. The zero-order valence-electron chi connectivity index (χ0n) is 4.65. The first kappa shape index (κ1) is 7.22. The first-order valence-electron chi connectivity index (χ1n) is 2.67. The molecule has 0 spiro atoms. The fraction of sp³-hybridized carbons (Fsp3) is 0.667. The Kier molecular flexibility index (Phi) is 6.42. The van der Waals surface area contributed by atoms with Gasteiger partial charge in [0.25, 0.3) is 0 Å². The van der Waals surface area contributed by atoms with Gasteiger partial charge in [0.15, 0.2) is 0 Å². The molecule has 0 saturated carbocycles. The molecule has 0 unspecified atom stereocenters. The smallest absolute Gasteiger partial charge is 0.0229 e. The van der Waals surface area contributed by atoms with E-state index in [1.165, 1.54) is 19.3 Å². The number of halogens is 1. The van der Waals surface area contributed by atoms with Gasteiger partial charge >= 0.3 is 0 Å². The van der Waals surface area contributed by atoms with E-state index < -0.39 is 0 Å². The van der Waals surface area contributed by atoms with Crippen LogP contribution in [-0.2, 0) is 0 Å². The van der Waals surface area contributed by atoms with Crippen molar-refractivity contribution in [1.29, 1.82) is 0 Å². The molecule has 0 saturated heterocycles. The maximum Gasteiger partial charge on any atom is -0.0229 e. The van der Waals surface area contributed by atoms with Crippen molar-refractivity contribution in [3.05, 3.63) is 11.1 Å². The highest BCUT2D eigenvalue weighted by molar-refractivity contribution is 9.11. The summed E-state index contributed by atoms with van der Waals surface area (Å²) in [5, 5.41) is 0. The van der Waals surface area contributed by atoms with Crippen LogP contribution in [0.15, 0.2) is 11.1 Å². The predicted octanol–water partition coefficient (Wildman–Crippen LogP) is 3.09. The maximum atomic E-state index is 3.20. The van der Waals surface area contributed by atoms with Crippen LogP contribution in [0.5, 0.6) is 0 Å². The van der Waals surface area contributed by atoms with E-state index in [-0.39, 0.29) is 0 Å². The van der Waals surface area contributed by atoms with E-state index in [1.807, 2.05) is 4.99 Å². The Morgan fingerprint density at radius 1 is 1.57 bits per heavy atom. The molecule has 0 aromatic heterocycles. The average molecular weight is 163 g/mol. The molecule has 0 atom stereocenters. The number of hydrogen-bond donors (Lipinski definition) is 0. The standard InChI is InChI=1S/C6H11Br/c1-2-3-4-5-6-7/h5-6H,2-4H2,1H3/b6-5+. The van der Waals surface area contributed by atoms with Crippen LogP contribution >= 0.6 is 15.9 Å². The molecule has 0 aliphatic rings. The Balaban J connectivity index is 2.69. The molecule has 0 heterocycles. The van der Waals surface area contributed by atoms with Crippen LogP contribution in [-0.4, -0.2) is 0 Å². The van der Waals surface area contributed by atoms with Gasteiger partial charge in [0.1, 0.15) is 0 Å². The summed E-state index contributed by atoms with van der Waals surface area (Å²) in [5.41, 5.74) is 0. The molecule has 0 aromatic rings. The van der Waals surface area contributed by atoms with Crippen LogP contribution in [0.3, 0.4) is 0 Å². The second kappa shape index (κ2) is 6.22. The van der Waals surface area contributed by atoms with Crippen LogP contribution in [0, 0.1) is 0 Å². The molecule has 0 aliphatic heterocycles. The fourth-order valence-electron chi connectivity index (χ4n) is 0.385. The lowest BCUT2D eigenvalue weighted by molar-refractivity contribution is 0.815. The van der Waals surface area contributed by atoms with Gasteiger partial charge in [0.05, 0.1) is 0 Å². The van der Waals surface area contributed by atoms with Crippen molar-refractivity contribution in [2.75, 3.05) is 0 Å². The minimum Gasteiger partial charge on any atom is -0.0776 e. The largest absolute Gasteiger partial charge is 0.0776 e. The summed E-state index contributed by atoms with van der Waals surface area (Å²) in [6.45, 7) is 2.20. The Labute approximate surface area is 53.7 Å². The molecule has 0 nitrogen and oxygen atoms in total. The predicted molar refractivity (Wildman–Crippen MR) is 37.6 cm³/mol. The first-order valence-corrected chi connectivity index (χ1v) is 3.58. The van der Waals surface area contributed by atoms with Crippen LogP contribution < -0.4 is 0 Å². The molecule has 0 N–H and O–H groups in total. The highest BCUT2D eigenvalue weighted by atomic mass is 79.9. The third kappa shape index (κ3) is 6.22. The molecule has 0 bridgehead atoms. The number of rotatable bonds is 3. The number of hydrogen-bond acceptors (Lipinski definition) is 0. The Morgan fingerprint density at radius 2 is 2.29 bits per heavy atom. The lowest BCUT2D eigenvalue weighted by atomic mass is 10.3. The van der Waals surface area contributed by atoms with E-state index in [1.54, 1.807) is 0 Å². The summed E-state index contributed by atoms with van der Waals surface area (Å²) < 4.78 is 0. The Hall–Kier alpha value is 0.220. The van der Waals surface area contributed by atoms with Crippen LogP contribution in [0.4, 0.5) is 0 Å². The second-order valence-corrected chi connectivity index (χ2v) is 2.03. The van der Waals surface area contributed by atoms with E-state index in [0.29, 0.717) is 0 Å². The summed E-state index contributed by atoms with van der Waals surface area (Å²) in [5.74, 6) is 0. The Morgan fingerprint density at radius 3 is 2.71 bits per heavy atom. The maximum absolute atomic E-state index is 3.20. The van der Waals surface area contributed by atoms with Crippen molar-refractivity contribution in [1.82, 2.24) is 0 Å². The topological polar surface area (TPSA) is 0 Å². The molecular weight excluding hydrogens is 152 g/mol. The van der Waals surface area contributed by atoms with Gasteiger partial charge in [-0.25, -0.2) is 0 Å². The molecule has 0 rings (SSSR count). The second-order valence-electron chi connectivity index (χ2n) is 1.50. The van der Waals surface area contributed by atoms with Crippen molar-refractivity contribution < 1.29 is 0 Å². The quantitative estimate of drug-likeness (QED) is 0.560. The average Bonchev–Trinajstić information content (AvgIpc) is 1.69.